The second kappa shape index (κ2) is 6.64. The van der Waals surface area contributed by atoms with Gasteiger partial charge in [0.05, 0.1) is 11.4 Å². The number of aliphatic carboxylic acids is 1. The lowest BCUT2D eigenvalue weighted by Gasteiger charge is -2.11. The van der Waals surface area contributed by atoms with Gasteiger partial charge in [-0.05, 0) is 32.6 Å². The molecule has 0 aromatic rings. The molecule has 0 spiro atoms. The van der Waals surface area contributed by atoms with Crippen LogP contribution in [-0.2, 0) is 4.79 Å². The van der Waals surface area contributed by atoms with Gasteiger partial charge in [0.1, 0.15) is 0 Å². The van der Waals surface area contributed by atoms with Gasteiger partial charge in [0, 0.05) is 0 Å². The standard InChI is InChI=1S/C9H14.C7H10N2O2/c1-3-8(2)9-6-4-5-7-9;1-4-5(2)9-7(3,8-4)6(10)11/h4-9H,3H2,1-2H3;1-3H3,(H,10,11). The molecule has 110 valence electrons. The second-order valence-electron chi connectivity index (χ2n) is 5.45. The van der Waals surface area contributed by atoms with Crippen molar-refractivity contribution in [2.45, 2.75) is 46.7 Å². The number of carbonyl (C=O) groups is 1. The Balaban J connectivity index is 0.000000204. The highest BCUT2D eigenvalue weighted by molar-refractivity contribution is 6.42. The van der Waals surface area contributed by atoms with Crippen LogP contribution in [0.4, 0.5) is 0 Å². The highest BCUT2D eigenvalue weighted by Gasteiger charge is 2.35. The minimum atomic E-state index is -1.27. The summed E-state index contributed by atoms with van der Waals surface area (Å²) in [6, 6.07) is 0. The van der Waals surface area contributed by atoms with Gasteiger partial charge in [-0.25, -0.2) is 14.8 Å². The molecule has 0 saturated carbocycles. The van der Waals surface area contributed by atoms with Gasteiger partial charge in [0.25, 0.3) is 0 Å². The van der Waals surface area contributed by atoms with Crippen LogP contribution in [0.15, 0.2) is 34.3 Å². The Hall–Kier alpha value is -1.71. The maximum absolute atomic E-state index is 10.6. The van der Waals surface area contributed by atoms with E-state index in [1.165, 1.54) is 13.3 Å². The molecule has 1 aliphatic carbocycles. The molecule has 1 unspecified atom stereocenters. The number of hydrogen-bond donors (Lipinski definition) is 1. The van der Waals surface area contributed by atoms with Gasteiger partial charge < -0.3 is 5.11 Å². The van der Waals surface area contributed by atoms with E-state index in [0.717, 1.165) is 11.8 Å². The predicted molar refractivity (Wildman–Crippen MR) is 83.5 cm³/mol. The fourth-order valence-corrected chi connectivity index (χ4v) is 2.04. The lowest BCUT2D eigenvalue weighted by atomic mass is 9.94. The predicted octanol–water partition coefficient (Wildman–Crippen LogP) is 3.50. The van der Waals surface area contributed by atoms with Crippen LogP contribution in [-0.4, -0.2) is 28.2 Å². The lowest BCUT2D eigenvalue weighted by Crippen LogP contribution is -2.28. The van der Waals surface area contributed by atoms with E-state index in [1.807, 2.05) is 0 Å². The summed E-state index contributed by atoms with van der Waals surface area (Å²) in [6.45, 7) is 9.53. The molecule has 1 atom stereocenters. The maximum Gasteiger partial charge on any atom is 0.354 e. The Morgan fingerprint density at radius 1 is 1.30 bits per heavy atom. The number of carboxylic acid groups (broad SMARTS) is 1. The summed E-state index contributed by atoms with van der Waals surface area (Å²) in [6.07, 6.45) is 10.1. The van der Waals surface area contributed by atoms with Crippen molar-refractivity contribution in [3.8, 4) is 0 Å². The van der Waals surface area contributed by atoms with E-state index in [2.05, 4.69) is 48.1 Å². The molecule has 0 amide bonds. The van der Waals surface area contributed by atoms with Crippen LogP contribution in [0.5, 0.6) is 0 Å². The zero-order valence-corrected chi connectivity index (χ0v) is 12.9. The van der Waals surface area contributed by atoms with E-state index in [0.29, 0.717) is 11.4 Å². The number of nitrogens with zero attached hydrogens (tertiary/aromatic N) is 2. The molecular formula is C16H24N2O2. The van der Waals surface area contributed by atoms with E-state index < -0.39 is 11.6 Å². The van der Waals surface area contributed by atoms with E-state index >= 15 is 0 Å². The number of aliphatic imine (C=N–C) groups is 2. The van der Waals surface area contributed by atoms with Crippen LogP contribution < -0.4 is 0 Å². The fraction of sp³-hybridized carbons (Fsp3) is 0.562. The van der Waals surface area contributed by atoms with E-state index in [9.17, 15) is 4.79 Å². The monoisotopic (exact) mass is 276 g/mol. The molecule has 0 fully saturated rings. The second-order valence-corrected chi connectivity index (χ2v) is 5.45. The van der Waals surface area contributed by atoms with Crippen molar-refractivity contribution in [1.82, 2.24) is 0 Å². The number of allylic oxidation sites excluding steroid dienone is 4. The largest absolute Gasteiger partial charge is 0.478 e. The van der Waals surface area contributed by atoms with Gasteiger partial charge in [0.15, 0.2) is 0 Å². The smallest absolute Gasteiger partial charge is 0.354 e. The summed E-state index contributed by atoms with van der Waals surface area (Å²) in [5.41, 5.74) is 0.138. The fourth-order valence-electron chi connectivity index (χ4n) is 2.04. The van der Waals surface area contributed by atoms with Crippen molar-refractivity contribution < 1.29 is 9.90 Å². The topological polar surface area (TPSA) is 62.0 Å². The maximum atomic E-state index is 10.6. The zero-order chi connectivity index (χ0) is 15.3. The third-order valence-corrected chi connectivity index (χ3v) is 3.78. The molecule has 2 rings (SSSR count). The summed E-state index contributed by atoms with van der Waals surface area (Å²) in [5, 5.41) is 8.69. The Bertz CT molecular complexity index is 457. The summed E-state index contributed by atoms with van der Waals surface area (Å²) < 4.78 is 0. The summed E-state index contributed by atoms with van der Waals surface area (Å²) in [4.78, 5) is 18.4. The highest BCUT2D eigenvalue weighted by atomic mass is 16.4. The quantitative estimate of drug-likeness (QED) is 0.857. The number of rotatable bonds is 3. The minimum Gasteiger partial charge on any atom is -0.478 e. The molecule has 0 radical (unpaired) electrons. The van der Waals surface area contributed by atoms with Gasteiger partial charge in [-0.2, -0.15) is 0 Å². The molecule has 0 saturated heterocycles. The van der Waals surface area contributed by atoms with Gasteiger partial charge in [-0.15, -0.1) is 0 Å². The van der Waals surface area contributed by atoms with Crippen molar-refractivity contribution >= 4 is 17.4 Å². The van der Waals surface area contributed by atoms with Gasteiger partial charge in [-0.1, -0.05) is 44.6 Å². The Labute approximate surface area is 121 Å². The molecule has 0 aromatic carbocycles. The van der Waals surface area contributed by atoms with Gasteiger partial charge in [0.2, 0.25) is 5.66 Å². The van der Waals surface area contributed by atoms with Crippen LogP contribution in [0.25, 0.3) is 0 Å². The molecule has 1 N–H and O–H groups in total. The van der Waals surface area contributed by atoms with Crippen molar-refractivity contribution in [1.29, 1.82) is 0 Å². The Kier molecular flexibility index (Phi) is 5.43. The van der Waals surface area contributed by atoms with Gasteiger partial charge in [-0.3, -0.25) is 0 Å². The minimum absolute atomic E-state index is 0.704. The van der Waals surface area contributed by atoms with Crippen molar-refractivity contribution in [3.05, 3.63) is 24.3 Å². The lowest BCUT2D eigenvalue weighted by molar-refractivity contribution is -0.142. The number of hydrogen-bond acceptors (Lipinski definition) is 3. The van der Waals surface area contributed by atoms with Crippen LogP contribution in [0.1, 0.15) is 41.0 Å². The summed E-state index contributed by atoms with van der Waals surface area (Å²) >= 11 is 0. The van der Waals surface area contributed by atoms with Crippen molar-refractivity contribution in [3.63, 3.8) is 0 Å². The van der Waals surface area contributed by atoms with E-state index in [1.54, 1.807) is 13.8 Å². The molecule has 2 aliphatic rings. The molecule has 20 heavy (non-hydrogen) atoms. The van der Waals surface area contributed by atoms with Crippen LogP contribution in [0, 0.1) is 11.8 Å². The molecule has 0 bridgehead atoms. The highest BCUT2D eigenvalue weighted by Crippen LogP contribution is 2.21. The first-order chi connectivity index (χ1) is 9.30. The van der Waals surface area contributed by atoms with Crippen LogP contribution >= 0.6 is 0 Å². The summed E-state index contributed by atoms with van der Waals surface area (Å²) in [7, 11) is 0. The SMILES string of the molecule is CC1=NC(C)(C(=O)O)N=C1C.CCC(C)C1C=CC=C1. The molecule has 0 aromatic heterocycles. The molecule has 4 nitrogen and oxygen atoms in total. The van der Waals surface area contributed by atoms with Crippen LogP contribution in [0.3, 0.4) is 0 Å². The van der Waals surface area contributed by atoms with Gasteiger partial charge >= 0.3 is 5.97 Å². The zero-order valence-electron chi connectivity index (χ0n) is 12.9. The molecule has 1 heterocycles. The molecule has 1 aliphatic heterocycles. The third kappa shape index (κ3) is 3.89. The van der Waals surface area contributed by atoms with Crippen molar-refractivity contribution in [2.75, 3.05) is 0 Å². The van der Waals surface area contributed by atoms with Crippen LogP contribution in [0.2, 0.25) is 0 Å². The number of carboxylic acids is 1. The van der Waals surface area contributed by atoms with E-state index in [4.69, 9.17) is 5.11 Å². The average molecular weight is 276 g/mol. The Morgan fingerprint density at radius 3 is 2.05 bits per heavy atom. The normalized spacial score (nSPS) is 21.1. The third-order valence-electron chi connectivity index (χ3n) is 3.78. The first-order valence-corrected chi connectivity index (χ1v) is 7.01. The molecular weight excluding hydrogens is 252 g/mol. The first-order valence-electron chi connectivity index (χ1n) is 7.01. The summed E-state index contributed by atoms with van der Waals surface area (Å²) in [5.74, 6) is 0.531. The first kappa shape index (κ1) is 16.3. The van der Waals surface area contributed by atoms with E-state index in [-0.39, 0.29) is 0 Å². The van der Waals surface area contributed by atoms with Crippen molar-refractivity contribution in [2.24, 2.45) is 21.8 Å². The Morgan fingerprint density at radius 2 is 1.75 bits per heavy atom. The molecule has 4 heteroatoms. The average Bonchev–Trinajstić information content (AvgIpc) is 2.99.